The lowest BCUT2D eigenvalue weighted by molar-refractivity contribution is 0.000291. The molecule has 0 unspecified atom stereocenters. The molecule has 4 rings (SSSR count). The highest BCUT2D eigenvalue weighted by atomic mass is 19.1. The molecule has 22 heavy (non-hydrogen) atoms. The molecule has 1 aromatic heterocycles. The van der Waals surface area contributed by atoms with E-state index in [9.17, 15) is 13.9 Å². The average molecular weight is 302 g/mol. The van der Waals surface area contributed by atoms with E-state index >= 15 is 0 Å². The number of rotatable bonds is 2. The number of halogens is 2. The highest BCUT2D eigenvalue weighted by Gasteiger charge is 2.47. The van der Waals surface area contributed by atoms with E-state index in [1.165, 1.54) is 6.07 Å². The second kappa shape index (κ2) is 4.51. The fourth-order valence-corrected chi connectivity index (χ4v) is 2.94. The molecule has 1 N–H and O–H groups in total. The second-order valence-corrected chi connectivity index (χ2v) is 5.49. The first kappa shape index (κ1) is 13.2. The quantitative estimate of drug-likeness (QED) is 0.791. The standard InChI is InChI=1S/C16H12F2N2O2/c17-11-5-3-6-12(18)14(11)16(21)8-20(9-16)15-10-4-1-2-7-13(10)22-19-15/h1-7,21H,8-9H2. The van der Waals surface area contributed by atoms with Crippen LogP contribution < -0.4 is 4.90 Å². The third-order valence-corrected chi connectivity index (χ3v) is 3.99. The van der Waals surface area contributed by atoms with Crippen LogP contribution in [0.15, 0.2) is 47.0 Å². The highest BCUT2D eigenvalue weighted by molar-refractivity contribution is 5.89. The highest BCUT2D eigenvalue weighted by Crippen LogP contribution is 2.39. The SMILES string of the molecule is OC1(c2c(F)cccc2F)CN(c2noc3ccccc23)C1. The van der Waals surface area contributed by atoms with Crippen molar-refractivity contribution in [3.05, 3.63) is 59.7 Å². The van der Waals surface area contributed by atoms with Crippen molar-refractivity contribution >= 4 is 16.8 Å². The van der Waals surface area contributed by atoms with Gasteiger partial charge in [-0.2, -0.15) is 0 Å². The van der Waals surface area contributed by atoms with Gasteiger partial charge in [-0.1, -0.05) is 23.4 Å². The minimum Gasteiger partial charge on any atom is -0.381 e. The maximum atomic E-state index is 13.8. The number of anilines is 1. The topological polar surface area (TPSA) is 49.5 Å². The lowest BCUT2D eigenvalue weighted by atomic mass is 9.85. The predicted molar refractivity (Wildman–Crippen MR) is 76.5 cm³/mol. The van der Waals surface area contributed by atoms with E-state index in [1.807, 2.05) is 18.2 Å². The summed E-state index contributed by atoms with van der Waals surface area (Å²) in [5.41, 5.74) is -1.22. The number of fused-ring (bicyclic) bond motifs is 1. The Morgan fingerprint density at radius 3 is 2.45 bits per heavy atom. The molecule has 3 aromatic rings. The Morgan fingerprint density at radius 2 is 1.73 bits per heavy atom. The zero-order valence-corrected chi connectivity index (χ0v) is 11.5. The fourth-order valence-electron chi connectivity index (χ4n) is 2.94. The predicted octanol–water partition coefficient (Wildman–Crippen LogP) is 2.81. The lowest BCUT2D eigenvalue weighted by Gasteiger charge is -2.46. The van der Waals surface area contributed by atoms with Gasteiger partial charge < -0.3 is 14.5 Å². The van der Waals surface area contributed by atoms with Crippen LogP contribution in [-0.2, 0) is 5.60 Å². The summed E-state index contributed by atoms with van der Waals surface area (Å²) in [5.74, 6) is -0.920. The molecule has 1 saturated heterocycles. The van der Waals surface area contributed by atoms with Crippen molar-refractivity contribution in [1.82, 2.24) is 5.16 Å². The molecule has 0 radical (unpaired) electrons. The summed E-state index contributed by atoms with van der Waals surface area (Å²) in [6.45, 7) is 0.114. The first-order valence-corrected chi connectivity index (χ1v) is 6.85. The summed E-state index contributed by atoms with van der Waals surface area (Å²) in [4.78, 5) is 1.73. The van der Waals surface area contributed by atoms with E-state index in [2.05, 4.69) is 5.16 Å². The van der Waals surface area contributed by atoms with E-state index in [0.29, 0.717) is 11.4 Å². The van der Waals surface area contributed by atoms with Crippen LogP contribution in [0.3, 0.4) is 0 Å². The van der Waals surface area contributed by atoms with Gasteiger partial charge in [-0.15, -0.1) is 0 Å². The Kier molecular flexibility index (Phi) is 2.71. The number of aliphatic hydroxyl groups is 1. The molecule has 0 atom stereocenters. The molecule has 0 saturated carbocycles. The molecule has 1 aliphatic rings. The number of para-hydroxylation sites is 1. The van der Waals surface area contributed by atoms with Crippen molar-refractivity contribution in [2.24, 2.45) is 0 Å². The zero-order chi connectivity index (χ0) is 15.3. The van der Waals surface area contributed by atoms with Gasteiger partial charge in [0.2, 0.25) is 0 Å². The van der Waals surface area contributed by atoms with Crippen molar-refractivity contribution in [3.63, 3.8) is 0 Å². The van der Waals surface area contributed by atoms with Gasteiger partial charge in [0, 0.05) is 0 Å². The number of β-amino-alcohol motifs (C(OH)–C–C–N with tert-alkyl or cyclic N) is 1. The van der Waals surface area contributed by atoms with Crippen LogP contribution in [0, 0.1) is 11.6 Å². The zero-order valence-electron chi connectivity index (χ0n) is 11.5. The van der Waals surface area contributed by atoms with E-state index in [-0.39, 0.29) is 18.7 Å². The Balaban J connectivity index is 1.66. The summed E-state index contributed by atoms with van der Waals surface area (Å²) >= 11 is 0. The molecule has 0 bridgehead atoms. The Bertz CT molecular complexity index is 836. The van der Waals surface area contributed by atoms with E-state index in [4.69, 9.17) is 4.52 Å². The Hall–Kier alpha value is -2.47. The van der Waals surface area contributed by atoms with Gasteiger partial charge in [0.25, 0.3) is 0 Å². The first-order chi connectivity index (χ1) is 10.6. The van der Waals surface area contributed by atoms with Crippen molar-refractivity contribution in [2.75, 3.05) is 18.0 Å². The third-order valence-electron chi connectivity index (χ3n) is 3.99. The molecule has 0 amide bonds. The Labute approximate surface area is 124 Å². The van der Waals surface area contributed by atoms with Crippen molar-refractivity contribution in [3.8, 4) is 0 Å². The lowest BCUT2D eigenvalue weighted by Crippen LogP contribution is -2.60. The van der Waals surface area contributed by atoms with Gasteiger partial charge in [-0.05, 0) is 24.3 Å². The number of benzene rings is 2. The van der Waals surface area contributed by atoms with Gasteiger partial charge in [0.05, 0.1) is 24.0 Å². The van der Waals surface area contributed by atoms with Crippen LogP contribution in [0.1, 0.15) is 5.56 Å². The summed E-state index contributed by atoms with van der Waals surface area (Å²) in [6.07, 6.45) is 0. The van der Waals surface area contributed by atoms with Gasteiger partial charge in [-0.25, -0.2) is 8.78 Å². The van der Waals surface area contributed by atoms with Gasteiger partial charge in [0.1, 0.15) is 17.2 Å². The van der Waals surface area contributed by atoms with E-state index < -0.39 is 17.2 Å². The molecule has 1 fully saturated rings. The van der Waals surface area contributed by atoms with E-state index in [1.54, 1.807) is 11.0 Å². The van der Waals surface area contributed by atoms with Crippen LogP contribution in [0.4, 0.5) is 14.6 Å². The molecule has 1 aliphatic heterocycles. The fraction of sp³-hybridized carbons (Fsp3) is 0.188. The molecular formula is C16H12F2N2O2. The molecule has 2 heterocycles. The summed E-state index contributed by atoms with van der Waals surface area (Å²) in [6, 6.07) is 10.9. The minimum absolute atomic E-state index is 0.0569. The maximum Gasteiger partial charge on any atom is 0.180 e. The molecular weight excluding hydrogens is 290 g/mol. The van der Waals surface area contributed by atoms with Crippen LogP contribution in [0.2, 0.25) is 0 Å². The largest absolute Gasteiger partial charge is 0.381 e. The van der Waals surface area contributed by atoms with Crippen molar-refractivity contribution in [1.29, 1.82) is 0 Å². The van der Waals surface area contributed by atoms with Gasteiger partial charge >= 0.3 is 0 Å². The summed E-state index contributed by atoms with van der Waals surface area (Å²) in [7, 11) is 0. The van der Waals surface area contributed by atoms with Crippen molar-refractivity contribution in [2.45, 2.75) is 5.60 Å². The summed E-state index contributed by atoms with van der Waals surface area (Å²) in [5, 5.41) is 15.3. The molecule has 2 aromatic carbocycles. The van der Waals surface area contributed by atoms with Crippen LogP contribution >= 0.6 is 0 Å². The summed E-state index contributed by atoms with van der Waals surface area (Å²) < 4.78 is 32.9. The third kappa shape index (κ3) is 1.80. The maximum absolute atomic E-state index is 13.8. The molecule has 112 valence electrons. The first-order valence-electron chi connectivity index (χ1n) is 6.85. The van der Waals surface area contributed by atoms with Crippen LogP contribution in [0.25, 0.3) is 11.0 Å². The van der Waals surface area contributed by atoms with Crippen molar-refractivity contribution < 1.29 is 18.4 Å². The molecule has 6 heteroatoms. The van der Waals surface area contributed by atoms with Gasteiger partial charge in [0.15, 0.2) is 11.4 Å². The number of hydrogen-bond acceptors (Lipinski definition) is 4. The molecule has 4 nitrogen and oxygen atoms in total. The minimum atomic E-state index is -1.56. The van der Waals surface area contributed by atoms with Crippen LogP contribution in [-0.4, -0.2) is 23.4 Å². The normalized spacial score (nSPS) is 16.8. The average Bonchev–Trinajstić information content (AvgIpc) is 2.88. The number of hydrogen-bond donors (Lipinski definition) is 1. The van der Waals surface area contributed by atoms with E-state index in [0.717, 1.165) is 17.5 Å². The number of nitrogens with zero attached hydrogens (tertiary/aromatic N) is 2. The monoisotopic (exact) mass is 302 g/mol. The molecule has 0 aliphatic carbocycles. The second-order valence-electron chi connectivity index (χ2n) is 5.49. The molecule has 0 spiro atoms. The Morgan fingerprint density at radius 1 is 1.05 bits per heavy atom. The number of aromatic nitrogens is 1. The smallest absolute Gasteiger partial charge is 0.180 e. The van der Waals surface area contributed by atoms with Gasteiger partial charge in [-0.3, -0.25) is 0 Å². The van der Waals surface area contributed by atoms with Crippen LogP contribution in [0.5, 0.6) is 0 Å².